The van der Waals surface area contributed by atoms with Crippen molar-refractivity contribution in [3.8, 4) is 0 Å². The first kappa shape index (κ1) is 12.0. The zero-order chi connectivity index (χ0) is 11.8. The molecule has 0 aromatic carbocycles. The van der Waals surface area contributed by atoms with E-state index in [2.05, 4.69) is 10.3 Å². The molecule has 1 aliphatic heterocycles. The van der Waals surface area contributed by atoms with Crippen molar-refractivity contribution in [2.75, 3.05) is 20.1 Å². The quantitative estimate of drug-likeness (QED) is 0.857. The van der Waals surface area contributed by atoms with Crippen LogP contribution in [0.2, 0.25) is 0 Å². The molecule has 5 nitrogen and oxygen atoms in total. The minimum Gasteiger partial charge on any atom is -0.316 e. The van der Waals surface area contributed by atoms with E-state index in [-0.39, 0.29) is 6.04 Å². The number of aryl methyl sites for hydroxylation is 1. The smallest absolute Gasteiger partial charge is 0.254 e. The summed E-state index contributed by atoms with van der Waals surface area (Å²) in [6.45, 7) is 2.95. The fourth-order valence-electron chi connectivity index (χ4n) is 1.77. The third-order valence-corrected chi connectivity index (χ3v) is 5.97. The number of nitrogens with one attached hydrogen (secondary N) is 1. The van der Waals surface area contributed by atoms with E-state index in [4.69, 9.17) is 0 Å². The Morgan fingerprint density at radius 3 is 2.88 bits per heavy atom. The van der Waals surface area contributed by atoms with Gasteiger partial charge in [0, 0.05) is 19.1 Å². The van der Waals surface area contributed by atoms with Gasteiger partial charge in [0.15, 0.2) is 4.21 Å². The normalized spacial score (nSPS) is 22.8. The van der Waals surface area contributed by atoms with Crippen LogP contribution in [-0.4, -0.2) is 43.9 Å². The van der Waals surface area contributed by atoms with E-state index in [9.17, 15) is 8.42 Å². The average Bonchev–Trinajstić information content (AvgIpc) is 2.85. The van der Waals surface area contributed by atoms with Crippen LogP contribution in [0.4, 0.5) is 0 Å². The summed E-state index contributed by atoms with van der Waals surface area (Å²) in [6.07, 6.45) is 2.32. The topological polar surface area (TPSA) is 62.3 Å². The minimum atomic E-state index is -3.31. The number of sulfonamides is 1. The van der Waals surface area contributed by atoms with Crippen LogP contribution in [0, 0.1) is 6.92 Å². The van der Waals surface area contributed by atoms with Crippen LogP contribution in [0.5, 0.6) is 0 Å². The van der Waals surface area contributed by atoms with Gasteiger partial charge in [-0.3, -0.25) is 0 Å². The van der Waals surface area contributed by atoms with E-state index in [0.29, 0.717) is 17.3 Å². The first-order valence-electron chi connectivity index (χ1n) is 5.14. The van der Waals surface area contributed by atoms with Crippen molar-refractivity contribution in [1.29, 1.82) is 0 Å². The predicted molar refractivity (Wildman–Crippen MR) is 63.1 cm³/mol. The minimum absolute atomic E-state index is 0.267. The summed E-state index contributed by atoms with van der Waals surface area (Å²) in [5, 5.41) is 3.88. The Hall–Kier alpha value is -0.500. The molecule has 1 N–H and O–H groups in total. The predicted octanol–water partition coefficient (Wildman–Crippen LogP) is 0.434. The number of aromatic nitrogens is 1. The van der Waals surface area contributed by atoms with Crippen molar-refractivity contribution in [1.82, 2.24) is 14.6 Å². The molecule has 1 aromatic heterocycles. The molecular weight excluding hydrogens is 246 g/mol. The van der Waals surface area contributed by atoms with Gasteiger partial charge in [-0.15, -0.1) is 11.3 Å². The highest BCUT2D eigenvalue weighted by Gasteiger charge is 2.32. The molecule has 16 heavy (non-hydrogen) atoms. The highest BCUT2D eigenvalue weighted by molar-refractivity contribution is 7.91. The largest absolute Gasteiger partial charge is 0.316 e. The van der Waals surface area contributed by atoms with Crippen LogP contribution in [-0.2, 0) is 10.0 Å². The van der Waals surface area contributed by atoms with Gasteiger partial charge in [-0.1, -0.05) is 0 Å². The van der Waals surface area contributed by atoms with Crippen LogP contribution in [0.15, 0.2) is 10.4 Å². The maximum atomic E-state index is 12.2. The summed E-state index contributed by atoms with van der Waals surface area (Å²) in [5.74, 6) is 0. The molecule has 0 bridgehead atoms. The van der Waals surface area contributed by atoms with Crippen molar-refractivity contribution in [2.24, 2.45) is 0 Å². The number of hydrogen-bond donors (Lipinski definition) is 1. The molecule has 0 spiro atoms. The van der Waals surface area contributed by atoms with Crippen LogP contribution in [0.1, 0.15) is 11.4 Å². The van der Waals surface area contributed by atoms with E-state index >= 15 is 0 Å². The van der Waals surface area contributed by atoms with E-state index in [1.54, 1.807) is 0 Å². The Balaban J connectivity index is 2.21. The molecule has 1 aromatic rings. The fourth-order valence-corrected chi connectivity index (χ4v) is 4.53. The second-order valence-corrected chi connectivity index (χ2v) is 7.24. The van der Waals surface area contributed by atoms with Crippen molar-refractivity contribution >= 4 is 21.4 Å². The second-order valence-electron chi connectivity index (χ2n) is 3.84. The van der Waals surface area contributed by atoms with Crippen LogP contribution in [0.3, 0.4) is 0 Å². The highest BCUT2D eigenvalue weighted by atomic mass is 32.2. The number of rotatable bonds is 3. The molecule has 1 unspecified atom stereocenters. The number of thiazole rings is 1. The van der Waals surface area contributed by atoms with Crippen LogP contribution >= 0.6 is 11.3 Å². The lowest BCUT2D eigenvalue weighted by molar-refractivity contribution is 0.466. The molecule has 0 radical (unpaired) electrons. The number of nitrogens with zero attached hydrogens (tertiary/aromatic N) is 2. The van der Waals surface area contributed by atoms with Crippen molar-refractivity contribution in [3.05, 3.63) is 11.2 Å². The summed E-state index contributed by atoms with van der Waals surface area (Å²) >= 11 is 1.23. The molecular formula is C9H15N3O2S2. The molecule has 2 heterocycles. The van der Waals surface area contributed by atoms with Gasteiger partial charge in [-0.05, 0) is 20.4 Å². The Labute approximate surface area is 99.5 Å². The third kappa shape index (κ3) is 2.13. The molecule has 1 aliphatic rings. The zero-order valence-corrected chi connectivity index (χ0v) is 10.9. The maximum Gasteiger partial charge on any atom is 0.254 e. The monoisotopic (exact) mass is 261 g/mol. The molecule has 0 amide bonds. The van der Waals surface area contributed by atoms with Gasteiger partial charge in [0.2, 0.25) is 0 Å². The van der Waals surface area contributed by atoms with Gasteiger partial charge in [0.25, 0.3) is 10.0 Å². The van der Waals surface area contributed by atoms with E-state index in [0.717, 1.165) is 11.4 Å². The van der Waals surface area contributed by atoms with Crippen LogP contribution < -0.4 is 5.32 Å². The molecule has 0 saturated carbocycles. The highest BCUT2D eigenvalue weighted by Crippen LogP contribution is 2.25. The van der Waals surface area contributed by atoms with Gasteiger partial charge < -0.3 is 5.32 Å². The van der Waals surface area contributed by atoms with E-state index < -0.39 is 10.0 Å². The van der Waals surface area contributed by atoms with Gasteiger partial charge >= 0.3 is 0 Å². The SMILES string of the molecule is CNC1CCN(S(=O)(=O)c2cnc(C)s2)C1. The summed E-state index contributed by atoms with van der Waals surface area (Å²) in [6, 6.07) is 0.267. The van der Waals surface area contributed by atoms with Gasteiger partial charge in [0.1, 0.15) is 0 Å². The number of likely N-dealkylation sites (N-methyl/N-ethyl adjacent to an activating group) is 1. The summed E-state index contributed by atoms with van der Waals surface area (Å²) in [7, 11) is -1.45. The molecule has 2 rings (SSSR count). The number of hydrogen-bond acceptors (Lipinski definition) is 5. The molecule has 1 fully saturated rings. The molecule has 7 heteroatoms. The Morgan fingerprint density at radius 2 is 2.38 bits per heavy atom. The van der Waals surface area contributed by atoms with Gasteiger partial charge in [-0.25, -0.2) is 13.4 Å². The molecule has 1 saturated heterocycles. The lowest BCUT2D eigenvalue weighted by Gasteiger charge is -2.14. The van der Waals surface area contributed by atoms with Crippen LogP contribution in [0.25, 0.3) is 0 Å². The summed E-state index contributed by atoms with van der Waals surface area (Å²) in [5.41, 5.74) is 0. The standard InChI is InChI=1S/C9H15N3O2S2/c1-7-11-5-9(15-7)16(13,14)12-4-3-8(6-12)10-2/h5,8,10H,3-4,6H2,1-2H3. The van der Waals surface area contributed by atoms with Gasteiger partial charge in [0.05, 0.1) is 11.2 Å². The Kier molecular flexibility index (Phi) is 3.29. The zero-order valence-electron chi connectivity index (χ0n) is 9.30. The lowest BCUT2D eigenvalue weighted by atomic mass is 10.3. The Bertz CT molecular complexity index is 469. The van der Waals surface area contributed by atoms with Crippen molar-refractivity contribution in [3.63, 3.8) is 0 Å². The molecule has 1 atom stereocenters. The lowest BCUT2D eigenvalue weighted by Crippen LogP contribution is -2.33. The summed E-state index contributed by atoms with van der Waals surface area (Å²) in [4.78, 5) is 3.99. The van der Waals surface area contributed by atoms with Gasteiger partial charge in [-0.2, -0.15) is 4.31 Å². The molecule has 0 aliphatic carbocycles. The third-order valence-electron chi connectivity index (χ3n) is 2.75. The fraction of sp³-hybridized carbons (Fsp3) is 0.667. The average molecular weight is 261 g/mol. The first-order valence-corrected chi connectivity index (χ1v) is 7.39. The van der Waals surface area contributed by atoms with E-state index in [1.807, 2.05) is 14.0 Å². The Morgan fingerprint density at radius 1 is 1.62 bits per heavy atom. The van der Waals surface area contributed by atoms with E-state index in [1.165, 1.54) is 21.8 Å². The van der Waals surface area contributed by atoms with Crippen molar-refractivity contribution in [2.45, 2.75) is 23.6 Å². The van der Waals surface area contributed by atoms with Crippen molar-refractivity contribution < 1.29 is 8.42 Å². The second kappa shape index (κ2) is 4.40. The first-order chi connectivity index (χ1) is 7.54. The molecule has 90 valence electrons. The maximum absolute atomic E-state index is 12.2. The summed E-state index contributed by atoms with van der Waals surface area (Å²) < 4.78 is 26.2.